The normalized spacial score (nSPS) is 14.4. The van der Waals surface area contributed by atoms with Crippen LogP contribution in [0.5, 0.6) is 5.75 Å². The summed E-state index contributed by atoms with van der Waals surface area (Å²) in [4.78, 5) is 16.8. The van der Waals surface area contributed by atoms with Gasteiger partial charge in [0.1, 0.15) is 17.3 Å². The van der Waals surface area contributed by atoms with Gasteiger partial charge in [-0.2, -0.15) is 18.3 Å². The van der Waals surface area contributed by atoms with E-state index in [-0.39, 0.29) is 35.7 Å². The van der Waals surface area contributed by atoms with E-state index in [9.17, 15) is 26.4 Å². The molecule has 4 rings (SSSR count). The molecule has 1 aromatic heterocycles. The Labute approximate surface area is 224 Å². The van der Waals surface area contributed by atoms with E-state index in [1.807, 2.05) is 13.8 Å². The van der Waals surface area contributed by atoms with Gasteiger partial charge in [0.2, 0.25) is 0 Å². The molecule has 1 aliphatic heterocycles. The van der Waals surface area contributed by atoms with Gasteiger partial charge in [-0.3, -0.25) is 4.79 Å². The molecule has 2 heterocycles. The average Bonchev–Trinajstić information content (AvgIpc) is 3.30. The van der Waals surface area contributed by atoms with Crippen LogP contribution in [0.15, 0.2) is 52.9 Å². The lowest BCUT2D eigenvalue weighted by Gasteiger charge is -2.28. The van der Waals surface area contributed by atoms with Crippen LogP contribution < -0.4 is 9.64 Å². The number of carbonyl (C=O) groups excluding carboxylic acids is 1. The van der Waals surface area contributed by atoms with Crippen molar-refractivity contribution in [2.75, 3.05) is 37.9 Å². The Morgan fingerprint density at radius 3 is 2.15 bits per heavy atom. The van der Waals surface area contributed by atoms with E-state index in [4.69, 9.17) is 4.74 Å². The number of anilines is 1. The summed E-state index contributed by atoms with van der Waals surface area (Å²) >= 11 is 0. The van der Waals surface area contributed by atoms with Gasteiger partial charge in [-0.25, -0.2) is 13.1 Å². The maximum absolute atomic E-state index is 13.9. The number of alkyl halides is 3. The summed E-state index contributed by atoms with van der Waals surface area (Å²) in [5, 5.41) is 3.80. The number of hydrogen-bond acceptors (Lipinski definition) is 5. The van der Waals surface area contributed by atoms with Crippen molar-refractivity contribution in [3.63, 3.8) is 0 Å². The summed E-state index contributed by atoms with van der Waals surface area (Å²) in [5.41, 5.74) is -0.138. The Morgan fingerprint density at radius 1 is 1.05 bits per heavy atom. The number of carbonyl (C=O) groups is 1. The van der Waals surface area contributed by atoms with Gasteiger partial charge in [0.05, 0.1) is 19.1 Å². The van der Waals surface area contributed by atoms with Gasteiger partial charge in [0.25, 0.3) is 15.9 Å². The number of nitrogens with zero attached hydrogens (tertiary/aromatic N) is 5. The quantitative estimate of drug-likeness (QED) is 0.317. The predicted molar refractivity (Wildman–Crippen MR) is 141 cm³/mol. The number of methoxy groups -OCH3 is 1. The summed E-state index contributed by atoms with van der Waals surface area (Å²) in [6.07, 6.45) is -3.77. The van der Waals surface area contributed by atoms with Gasteiger partial charge in [0, 0.05) is 36.4 Å². The number of fused-ring (bicyclic) bond motifs is 1. The largest absolute Gasteiger partial charge is 0.497 e. The summed E-state index contributed by atoms with van der Waals surface area (Å²) in [6.45, 7) is 4.82. The number of sulfonamides is 1. The van der Waals surface area contributed by atoms with Crippen molar-refractivity contribution in [1.82, 2.24) is 14.7 Å². The highest BCUT2D eigenvalue weighted by molar-refractivity contribution is 7.89. The highest BCUT2D eigenvalue weighted by Gasteiger charge is 2.43. The fraction of sp³-hybridized carbons (Fsp3) is 0.346. The number of rotatable bonds is 7. The zero-order valence-corrected chi connectivity index (χ0v) is 22.7. The van der Waals surface area contributed by atoms with E-state index in [1.54, 1.807) is 41.3 Å². The molecule has 0 saturated carbocycles. The van der Waals surface area contributed by atoms with Gasteiger partial charge in [-0.1, -0.05) is 0 Å². The molecule has 1 aliphatic rings. The van der Waals surface area contributed by atoms with Crippen LogP contribution in [0.3, 0.4) is 0 Å². The van der Waals surface area contributed by atoms with Gasteiger partial charge >= 0.3 is 6.18 Å². The SMILES string of the molecule is CCN(CC)/C(=N\S(C)(=O)=O)c1ccc(N2CCc3c(C(F)(F)F)nn(-c4ccc(OC)cc4)c3C2=O)cc1. The molecule has 0 unspecified atom stereocenters. The minimum atomic E-state index is -4.73. The molecular weight excluding hydrogens is 535 g/mol. The second-order valence-corrected chi connectivity index (χ2v) is 10.5. The lowest BCUT2D eigenvalue weighted by atomic mass is 10.0. The van der Waals surface area contributed by atoms with Gasteiger partial charge in [-0.15, -0.1) is 4.40 Å². The Morgan fingerprint density at radius 2 is 1.64 bits per heavy atom. The molecule has 0 radical (unpaired) electrons. The third-order valence-electron chi connectivity index (χ3n) is 6.35. The number of halogens is 3. The highest BCUT2D eigenvalue weighted by Crippen LogP contribution is 2.37. The van der Waals surface area contributed by atoms with Crippen LogP contribution in [0.2, 0.25) is 0 Å². The molecule has 0 fully saturated rings. The van der Waals surface area contributed by atoms with E-state index in [2.05, 4.69) is 9.50 Å². The first-order valence-electron chi connectivity index (χ1n) is 12.2. The smallest absolute Gasteiger partial charge is 0.435 e. The third-order valence-corrected chi connectivity index (χ3v) is 6.86. The average molecular weight is 564 g/mol. The number of aromatic nitrogens is 2. The number of hydrogen-bond donors (Lipinski definition) is 0. The standard InChI is InChI=1S/C26H28F3N5O4S/c1-5-32(6-2)24(31-39(4,36)37)17-7-9-18(10-8-17)33-16-15-21-22(25(33)35)34(30-23(21)26(27,28)29)19-11-13-20(38-3)14-12-19/h7-14H,5-6,15-16H2,1-4H3/b31-24-. The van der Waals surface area contributed by atoms with Crippen LogP contribution in [0.25, 0.3) is 5.69 Å². The van der Waals surface area contributed by atoms with E-state index in [0.717, 1.165) is 10.9 Å². The van der Waals surface area contributed by atoms with Crippen molar-refractivity contribution < 1.29 is 31.1 Å². The molecule has 9 nitrogen and oxygen atoms in total. The summed E-state index contributed by atoms with van der Waals surface area (Å²) in [6, 6.07) is 12.7. The van der Waals surface area contributed by atoms with Crippen LogP contribution in [0.1, 0.15) is 41.2 Å². The number of amides is 1. The first-order chi connectivity index (χ1) is 18.4. The van der Waals surface area contributed by atoms with Gasteiger partial charge in [0.15, 0.2) is 5.69 Å². The van der Waals surface area contributed by atoms with Crippen LogP contribution in [0, 0.1) is 0 Å². The minimum absolute atomic E-state index is 0.0168. The number of benzene rings is 2. The van der Waals surface area contributed by atoms with Crippen LogP contribution in [0.4, 0.5) is 18.9 Å². The molecule has 1 amide bonds. The molecule has 2 aromatic carbocycles. The highest BCUT2D eigenvalue weighted by atomic mass is 32.2. The molecule has 3 aromatic rings. The first kappa shape index (κ1) is 28.1. The van der Waals surface area contributed by atoms with Crippen LogP contribution in [-0.4, -0.2) is 67.8 Å². The number of ether oxygens (including phenoxy) is 1. The van der Waals surface area contributed by atoms with Crippen molar-refractivity contribution >= 4 is 27.5 Å². The maximum atomic E-state index is 13.9. The summed E-state index contributed by atoms with van der Waals surface area (Å²) in [7, 11) is -2.21. The van der Waals surface area contributed by atoms with Crippen molar-refractivity contribution in [3.8, 4) is 11.4 Å². The molecule has 0 saturated heterocycles. The molecule has 13 heteroatoms. The van der Waals surface area contributed by atoms with Crippen molar-refractivity contribution in [2.45, 2.75) is 26.4 Å². The van der Waals surface area contributed by atoms with E-state index in [1.165, 1.54) is 24.1 Å². The predicted octanol–water partition coefficient (Wildman–Crippen LogP) is 4.15. The Kier molecular flexibility index (Phi) is 7.73. The zero-order valence-electron chi connectivity index (χ0n) is 21.9. The van der Waals surface area contributed by atoms with Crippen LogP contribution >= 0.6 is 0 Å². The summed E-state index contributed by atoms with van der Waals surface area (Å²) < 4.78 is 75.4. The fourth-order valence-electron chi connectivity index (χ4n) is 4.51. The van der Waals surface area contributed by atoms with Crippen molar-refractivity contribution in [2.24, 2.45) is 4.40 Å². The maximum Gasteiger partial charge on any atom is 0.435 e. The molecule has 39 heavy (non-hydrogen) atoms. The lowest BCUT2D eigenvalue weighted by Crippen LogP contribution is -2.39. The van der Waals surface area contributed by atoms with E-state index < -0.39 is 27.8 Å². The van der Waals surface area contributed by atoms with Crippen molar-refractivity contribution in [3.05, 3.63) is 71.0 Å². The molecule has 0 bridgehead atoms. The van der Waals surface area contributed by atoms with Crippen LogP contribution in [-0.2, 0) is 22.6 Å². The number of amidine groups is 1. The van der Waals surface area contributed by atoms with E-state index in [0.29, 0.717) is 30.1 Å². The Hall–Kier alpha value is -3.87. The lowest BCUT2D eigenvalue weighted by molar-refractivity contribution is -0.141. The molecule has 0 atom stereocenters. The minimum Gasteiger partial charge on any atom is -0.497 e. The molecule has 0 spiro atoms. The van der Waals surface area contributed by atoms with E-state index >= 15 is 0 Å². The molecule has 0 aliphatic carbocycles. The fourth-order valence-corrected chi connectivity index (χ4v) is 5.04. The third kappa shape index (κ3) is 5.77. The van der Waals surface area contributed by atoms with Gasteiger partial charge < -0.3 is 14.5 Å². The molecular formula is C26H28F3N5O4S. The molecule has 0 N–H and O–H groups in total. The topological polar surface area (TPSA) is 97.1 Å². The zero-order chi connectivity index (χ0) is 28.5. The van der Waals surface area contributed by atoms with Gasteiger partial charge in [-0.05, 0) is 68.8 Å². The second kappa shape index (κ2) is 10.7. The Balaban J connectivity index is 1.75. The van der Waals surface area contributed by atoms with Crippen molar-refractivity contribution in [1.29, 1.82) is 0 Å². The first-order valence-corrected chi connectivity index (χ1v) is 14.0. The molecule has 208 valence electrons. The second-order valence-electron chi connectivity index (χ2n) is 8.86. The summed E-state index contributed by atoms with van der Waals surface area (Å²) in [5.74, 6) is 0.151. The monoisotopic (exact) mass is 563 g/mol. The Bertz CT molecular complexity index is 1490.